The zero-order valence-electron chi connectivity index (χ0n) is 19.9. The van der Waals surface area contributed by atoms with Crippen molar-refractivity contribution in [2.75, 3.05) is 17.6 Å². The number of aromatic nitrogens is 2. The lowest BCUT2D eigenvalue weighted by atomic mass is 10.1. The summed E-state index contributed by atoms with van der Waals surface area (Å²) in [6, 6.07) is 10.9. The third-order valence-electron chi connectivity index (χ3n) is 5.70. The first-order valence-electron chi connectivity index (χ1n) is 10.8. The average molecular weight is 485 g/mol. The van der Waals surface area contributed by atoms with Crippen molar-refractivity contribution >= 4 is 21.6 Å². The predicted octanol–water partition coefficient (Wildman–Crippen LogP) is 2.89. The summed E-state index contributed by atoms with van der Waals surface area (Å²) in [5.74, 6) is 0.845. The number of amides is 1. The first-order valence-corrected chi connectivity index (χ1v) is 12.3. The van der Waals surface area contributed by atoms with Gasteiger partial charge in [-0.25, -0.2) is 8.42 Å². The predicted molar refractivity (Wildman–Crippen MR) is 128 cm³/mol. The largest absolute Gasteiger partial charge is 0.454 e. The normalized spacial score (nSPS) is 12.6. The number of hydrogen-bond donors (Lipinski definition) is 1. The van der Waals surface area contributed by atoms with Gasteiger partial charge >= 0.3 is 0 Å². The van der Waals surface area contributed by atoms with Crippen LogP contribution in [-0.4, -0.2) is 37.4 Å². The van der Waals surface area contributed by atoms with E-state index < -0.39 is 15.9 Å². The molecule has 0 saturated carbocycles. The average Bonchev–Trinajstić information content (AvgIpc) is 3.32. The molecule has 0 radical (unpaired) electrons. The highest BCUT2D eigenvalue weighted by Crippen LogP contribution is 2.32. The molecule has 2 heterocycles. The minimum atomic E-state index is -4.06. The Hall–Kier alpha value is -3.53. The highest BCUT2D eigenvalue weighted by atomic mass is 32.2. The molecule has 34 heavy (non-hydrogen) atoms. The lowest BCUT2D eigenvalue weighted by Crippen LogP contribution is -2.41. The van der Waals surface area contributed by atoms with Crippen LogP contribution < -0.4 is 19.1 Å². The molecule has 4 rings (SSSR count). The van der Waals surface area contributed by atoms with Crippen LogP contribution in [0.3, 0.4) is 0 Å². The lowest BCUT2D eigenvalue weighted by molar-refractivity contribution is -0.119. The number of rotatable bonds is 7. The van der Waals surface area contributed by atoms with Gasteiger partial charge in [-0.2, -0.15) is 5.10 Å². The summed E-state index contributed by atoms with van der Waals surface area (Å²) in [4.78, 5) is 13.1. The van der Waals surface area contributed by atoms with Gasteiger partial charge in [0.1, 0.15) is 11.4 Å². The summed E-state index contributed by atoms with van der Waals surface area (Å²) in [5, 5.41) is 7.08. The Morgan fingerprint density at radius 1 is 1.06 bits per heavy atom. The van der Waals surface area contributed by atoms with Crippen molar-refractivity contribution in [2.24, 2.45) is 7.05 Å². The summed E-state index contributed by atoms with van der Waals surface area (Å²) in [5.41, 5.74) is 3.93. The third kappa shape index (κ3) is 4.58. The summed E-state index contributed by atoms with van der Waals surface area (Å²) < 4.78 is 41.0. The standard InChI is InChI=1S/C24H28N4O5S/c1-15-8-16(2)10-20(9-15)28(34(30,31)24-17(3)26-27(5)18(24)4)13-23(29)25-12-19-6-7-21-22(11-19)33-14-32-21/h6-11H,12-14H2,1-5H3,(H,25,29). The number of fused-ring (bicyclic) bond motifs is 1. The zero-order chi connectivity index (χ0) is 24.6. The van der Waals surface area contributed by atoms with Gasteiger partial charge in [-0.15, -0.1) is 0 Å². The molecule has 1 amide bonds. The second kappa shape index (κ2) is 9.02. The van der Waals surface area contributed by atoms with Gasteiger partial charge in [-0.3, -0.25) is 13.8 Å². The maximum Gasteiger partial charge on any atom is 0.268 e. The number of carbonyl (C=O) groups is 1. The molecule has 180 valence electrons. The van der Waals surface area contributed by atoms with E-state index in [2.05, 4.69) is 10.4 Å². The topological polar surface area (TPSA) is 103 Å². The first kappa shape index (κ1) is 23.6. The Morgan fingerprint density at radius 3 is 2.38 bits per heavy atom. The SMILES string of the molecule is Cc1cc(C)cc(N(CC(=O)NCc2ccc3c(c2)OCO3)S(=O)(=O)c2c(C)nn(C)c2C)c1. The highest BCUT2D eigenvalue weighted by molar-refractivity contribution is 7.93. The number of benzene rings is 2. The first-order chi connectivity index (χ1) is 16.1. The second-order valence-electron chi connectivity index (χ2n) is 8.45. The summed E-state index contributed by atoms with van der Waals surface area (Å²) in [6.45, 7) is 7.15. The van der Waals surface area contributed by atoms with Crippen LogP contribution in [0.15, 0.2) is 41.3 Å². The van der Waals surface area contributed by atoms with E-state index >= 15 is 0 Å². The molecule has 2 aromatic carbocycles. The highest BCUT2D eigenvalue weighted by Gasteiger charge is 2.32. The maximum atomic E-state index is 13.8. The Kier molecular flexibility index (Phi) is 6.26. The van der Waals surface area contributed by atoms with Crippen molar-refractivity contribution in [3.63, 3.8) is 0 Å². The number of hydrogen-bond acceptors (Lipinski definition) is 6. The van der Waals surface area contributed by atoms with Gasteiger partial charge in [-0.1, -0.05) is 12.1 Å². The van der Waals surface area contributed by atoms with Crippen molar-refractivity contribution in [1.82, 2.24) is 15.1 Å². The number of anilines is 1. The minimum absolute atomic E-state index is 0.109. The van der Waals surface area contributed by atoms with E-state index in [4.69, 9.17) is 9.47 Å². The molecule has 0 spiro atoms. The molecule has 0 aliphatic carbocycles. The number of nitrogens with zero attached hydrogens (tertiary/aromatic N) is 3. The summed E-state index contributed by atoms with van der Waals surface area (Å²) in [6.07, 6.45) is 0. The molecule has 1 aliphatic heterocycles. The smallest absolute Gasteiger partial charge is 0.268 e. The van der Waals surface area contributed by atoms with Gasteiger partial charge < -0.3 is 14.8 Å². The van der Waals surface area contributed by atoms with Gasteiger partial charge in [-0.05, 0) is 68.7 Å². The molecule has 1 N–H and O–H groups in total. The molecule has 9 nitrogen and oxygen atoms in total. The van der Waals surface area contributed by atoms with Gasteiger partial charge in [0.15, 0.2) is 11.5 Å². The van der Waals surface area contributed by atoms with Crippen molar-refractivity contribution in [1.29, 1.82) is 0 Å². The van der Waals surface area contributed by atoms with E-state index in [0.717, 1.165) is 21.0 Å². The molecule has 0 atom stereocenters. The van der Waals surface area contributed by atoms with E-state index in [0.29, 0.717) is 28.6 Å². The third-order valence-corrected chi connectivity index (χ3v) is 7.73. The molecule has 0 unspecified atom stereocenters. The van der Waals surface area contributed by atoms with Crippen LogP contribution in [0.25, 0.3) is 0 Å². The summed E-state index contributed by atoms with van der Waals surface area (Å²) >= 11 is 0. The monoisotopic (exact) mass is 484 g/mol. The van der Waals surface area contributed by atoms with Gasteiger partial charge in [0, 0.05) is 13.6 Å². The zero-order valence-corrected chi connectivity index (χ0v) is 20.7. The number of nitrogens with one attached hydrogen (secondary N) is 1. The van der Waals surface area contributed by atoms with Crippen LogP contribution in [0.4, 0.5) is 5.69 Å². The van der Waals surface area contributed by atoms with E-state index in [1.807, 2.05) is 26.0 Å². The molecule has 10 heteroatoms. The number of ether oxygens (including phenoxy) is 2. The van der Waals surface area contributed by atoms with E-state index in [-0.39, 0.29) is 24.8 Å². The molecule has 1 aromatic heterocycles. The molecule has 1 aliphatic rings. The van der Waals surface area contributed by atoms with Gasteiger partial charge in [0.05, 0.1) is 17.1 Å². The van der Waals surface area contributed by atoms with E-state index in [9.17, 15) is 13.2 Å². The number of carbonyl (C=O) groups excluding carboxylic acids is 1. The van der Waals surface area contributed by atoms with Crippen LogP contribution in [0.5, 0.6) is 11.5 Å². The summed E-state index contributed by atoms with van der Waals surface area (Å²) in [7, 11) is -2.37. The maximum absolute atomic E-state index is 13.8. The molecule has 3 aromatic rings. The Bertz CT molecular complexity index is 1340. The van der Waals surface area contributed by atoms with E-state index in [1.165, 1.54) is 4.68 Å². The molecule has 0 bridgehead atoms. The Balaban J connectivity index is 1.62. The van der Waals surface area contributed by atoms with Gasteiger partial charge in [0.2, 0.25) is 12.7 Å². The second-order valence-corrected chi connectivity index (χ2v) is 10.2. The number of sulfonamides is 1. The fourth-order valence-corrected chi connectivity index (χ4v) is 5.90. The molecular formula is C24H28N4O5S. The van der Waals surface area contributed by atoms with Crippen molar-refractivity contribution in [2.45, 2.75) is 39.1 Å². The molecule has 0 saturated heterocycles. The van der Waals surface area contributed by atoms with Crippen LogP contribution in [0.2, 0.25) is 0 Å². The quantitative estimate of drug-likeness (QED) is 0.553. The Labute approximate surface area is 199 Å². The Morgan fingerprint density at radius 2 is 1.74 bits per heavy atom. The van der Waals surface area contributed by atoms with Crippen LogP contribution in [0.1, 0.15) is 28.1 Å². The van der Waals surface area contributed by atoms with Crippen LogP contribution in [-0.2, 0) is 28.4 Å². The van der Waals surface area contributed by atoms with Crippen molar-refractivity contribution in [3.8, 4) is 11.5 Å². The molecular weight excluding hydrogens is 456 g/mol. The van der Waals surface area contributed by atoms with Crippen molar-refractivity contribution < 1.29 is 22.7 Å². The fraction of sp³-hybridized carbons (Fsp3) is 0.333. The molecule has 0 fully saturated rings. The van der Waals surface area contributed by atoms with Crippen molar-refractivity contribution in [3.05, 3.63) is 64.5 Å². The van der Waals surface area contributed by atoms with Crippen LogP contribution >= 0.6 is 0 Å². The van der Waals surface area contributed by atoms with Crippen LogP contribution in [0, 0.1) is 27.7 Å². The lowest BCUT2D eigenvalue weighted by Gasteiger charge is -2.25. The van der Waals surface area contributed by atoms with E-state index in [1.54, 1.807) is 45.2 Å². The minimum Gasteiger partial charge on any atom is -0.454 e. The van der Waals surface area contributed by atoms with Gasteiger partial charge in [0.25, 0.3) is 10.0 Å². The fourth-order valence-electron chi connectivity index (χ4n) is 4.09. The number of aryl methyl sites for hydroxylation is 4.